The molecule has 1 aliphatic heterocycles. The quantitative estimate of drug-likeness (QED) is 0.529. The maximum atomic E-state index is 11.2. The Kier molecular flexibility index (Phi) is 6.88. The van der Waals surface area contributed by atoms with Crippen molar-refractivity contribution in [3.8, 4) is 0 Å². The van der Waals surface area contributed by atoms with Gasteiger partial charge in [-0.15, -0.1) is 0 Å². The Labute approximate surface area is 103 Å². The molecule has 0 radical (unpaired) electrons. The zero-order valence-corrected chi connectivity index (χ0v) is 11.2. The molecule has 0 amide bonds. The van der Waals surface area contributed by atoms with Gasteiger partial charge in [-0.3, -0.25) is 4.79 Å². The van der Waals surface area contributed by atoms with E-state index < -0.39 is 0 Å². The number of hydrogen-bond acceptors (Lipinski definition) is 4. The Hall–Kier alpha value is -0.220. The highest BCUT2D eigenvalue weighted by atomic mass is 32.2. The number of carbonyl (C=O) groups excluding carboxylic acids is 1. The Morgan fingerprint density at radius 2 is 2.06 bits per heavy atom. The highest BCUT2D eigenvalue weighted by Gasteiger charge is 2.13. The van der Waals surface area contributed by atoms with Gasteiger partial charge in [0.25, 0.3) is 0 Å². The summed E-state index contributed by atoms with van der Waals surface area (Å²) in [6.45, 7) is 5.61. The number of methoxy groups -OCH3 is 1. The summed E-state index contributed by atoms with van der Waals surface area (Å²) < 4.78 is 4.70. The largest absolute Gasteiger partial charge is 0.469 e. The van der Waals surface area contributed by atoms with Gasteiger partial charge in [-0.05, 0) is 25.9 Å². The lowest BCUT2D eigenvalue weighted by Crippen LogP contribution is -2.31. The van der Waals surface area contributed by atoms with Crippen molar-refractivity contribution in [3.05, 3.63) is 0 Å². The lowest BCUT2D eigenvalue weighted by molar-refractivity contribution is -0.143. The molecule has 4 heteroatoms. The number of carbonyl (C=O) groups is 1. The molecule has 0 spiro atoms. The molecule has 0 aromatic rings. The van der Waals surface area contributed by atoms with Crippen LogP contribution in [0.4, 0.5) is 0 Å². The zero-order valence-electron chi connectivity index (χ0n) is 10.4. The molecule has 0 aromatic heterocycles. The van der Waals surface area contributed by atoms with E-state index in [2.05, 4.69) is 4.90 Å². The number of hydrogen-bond donors (Lipinski definition) is 0. The van der Waals surface area contributed by atoms with Crippen LogP contribution in [0, 0.1) is 5.92 Å². The van der Waals surface area contributed by atoms with E-state index in [1.165, 1.54) is 46.0 Å². The molecule has 1 unspecified atom stereocenters. The van der Waals surface area contributed by atoms with Crippen LogP contribution in [0.25, 0.3) is 0 Å². The van der Waals surface area contributed by atoms with Gasteiger partial charge in [-0.25, -0.2) is 0 Å². The highest BCUT2D eigenvalue weighted by Crippen LogP contribution is 2.12. The molecule has 0 aliphatic carbocycles. The van der Waals surface area contributed by atoms with Crippen LogP contribution in [0.5, 0.6) is 0 Å². The Balaban J connectivity index is 2.00. The van der Waals surface area contributed by atoms with Gasteiger partial charge < -0.3 is 9.64 Å². The molecular weight excluding hydrogens is 222 g/mol. The van der Waals surface area contributed by atoms with Crippen molar-refractivity contribution < 1.29 is 9.53 Å². The molecule has 0 aromatic carbocycles. The summed E-state index contributed by atoms with van der Waals surface area (Å²) >= 11 is 1.86. The second-order valence-corrected chi connectivity index (χ2v) is 5.55. The van der Waals surface area contributed by atoms with Crippen LogP contribution in [0.1, 0.15) is 26.2 Å². The summed E-state index contributed by atoms with van der Waals surface area (Å²) in [5.74, 6) is 1.93. The first kappa shape index (κ1) is 13.8. The predicted molar refractivity (Wildman–Crippen MR) is 68.8 cm³/mol. The van der Waals surface area contributed by atoms with Crippen LogP contribution in [0.15, 0.2) is 0 Å². The van der Waals surface area contributed by atoms with Crippen molar-refractivity contribution in [3.63, 3.8) is 0 Å². The second kappa shape index (κ2) is 7.96. The average Bonchev–Trinajstić information content (AvgIpc) is 2.34. The minimum absolute atomic E-state index is 0.0244. The molecule has 1 rings (SSSR count). The monoisotopic (exact) mass is 245 g/mol. The smallest absolute Gasteiger partial charge is 0.309 e. The van der Waals surface area contributed by atoms with Gasteiger partial charge in [0.1, 0.15) is 0 Å². The summed E-state index contributed by atoms with van der Waals surface area (Å²) in [5, 5.41) is 0. The third-order valence-electron chi connectivity index (χ3n) is 2.97. The summed E-state index contributed by atoms with van der Waals surface area (Å²) in [5.41, 5.74) is 0. The van der Waals surface area contributed by atoms with Gasteiger partial charge in [-0.1, -0.05) is 13.3 Å². The summed E-state index contributed by atoms with van der Waals surface area (Å²) in [7, 11) is 1.46. The molecule has 94 valence electrons. The van der Waals surface area contributed by atoms with Crippen LogP contribution in [0.3, 0.4) is 0 Å². The van der Waals surface area contributed by atoms with E-state index in [4.69, 9.17) is 4.74 Å². The van der Waals surface area contributed by atoms with E-state index >= 15 is 0 Å². The zero-order chi connectivity index (χ0) is 11.8. The SMILES string of the molecule is COC(=O)C(C)CSCCN1CCCCC1. The lowest BCUT2D eigenvalue weighted by atomic mass is 10.1. The lowest BCUT2D eigenvalue weighted by Gasteiger charge is -2.26. The molecule has 1 saturated heterocycles. The third-order valence-corrected chi connectivity index (χ3v) is 4.18. The molecule has 3 nitrogen and oxygen atoms in total. The average molecular weight is 245 g/mol. The number of thioether (sulfide) groups is 1. The van der Waals surface area contributed by atoms with Gasteiger partial charge >= 0.3 is 5.97 Å². The van der Waals surface area contributed by atoms with Gasteiger partial charge in [0.15, 0.2) is 0 Å². The van der Waals surface area contributed by atoms with E-state index in [0.29, 0.717) is 0 Å². The van der Waals surface area contributed by atoms with Crippen LogP contribution >= 0.6 is 11.8 Å². The van der Waals surface area contributed by atoms with Gasteiger partial charge in [0.05, 0.1) is 13.0 Å². The molecular formula is C12H23NO2S. The van der Waals surface area contributed by atoms with E-state index in [9.17, 15) is 4.79 Å². The van der Waals surface area contributed by atoms with E-state index in [1.807, 2.05) is 18.7 Å². The highest BCUT2D eigenvalue weighted by molar-refractivity contribution is 7.99. The first-order valence-corrected chi connectivity index (χ1v) is 7.27. The number of ether oxygens (including phenoxy) is 1. The Morgan fingerprint density at radius 1 is 1.38 bits per heavy atom. The fraction of sp³-hybridized carbons (Fsp3) is 0.917. The first-order chi connectivity index (χ1) is 7.74. The topological polar surface area (TPSA) is 29.5 Å². The first-order valence-electron chi connectivity index (χ1n) is 6.12. The normalized spacial score (nSPS) is 19.4. The summed E-state index contributed by atoms with van der Waals surface area (Å²) in [4.78, 5) is 13.7. The Bertz CT molecular complexity index is 205. The predicted octanol–water partition coefficient (Wildman–Crippen LogP) is 2.01. The second-order valence-electron chi connectivity index (χ2n) is 4.40. The number of nitrogens with zero attached hydrogens (tertiary/aromatic N) is 1. The van der Waals surface area contributed by atoms with Gasteiger partial charge in [0.2, 0.25) is 0 Å². The fourth-order valence-corrected chi connectivity index (χ4v) is 2.95. The van der Waals surface area contributed by atoms with Crippen molar-refractivity contribution in [2.24, 2.45) is 5.92 Å². The van der Waals surface area contributed by atoms with Crippen LogP contribution in [-0.4, -0.2) is 49.1 Å². The number of piperidine rings is 1. The third kappa shape index (κ3) is 5.21. The fourth-order valence-electron chi connectivity index (χ4n) is 1.91. The minimum atomic E-state index is -0.0922. The summed E-state index contributed by atoms with van der Waals surface area (Å²) in [6.07, 6.45) is 4.09. The van der Waals surface area contributed by atoms with E-state index in [0.717, 1.165) is 11.5 Å². The molecule has 1 aliphatic rings. The Morgan fingerprint density at radius 3 is 2.69 bits per heavy atom. The molecule has 0 saturated carbocycles. The van der Waals surface area contributed by atoms with Crippen LogP contribution in [-0.2, 0) is 9.53 Å². The molecule has 0 bridgehead atoms. The molecule has 16 heavy (non-hydrogen) atoms. The molecule has 1 heterocycles. The summed E-state index contributed by atoms with van der Waals surface area (Å²) in [6, 6.07) is 0. The number of esters is 1. The standard InChI is InChI=1S/C12H23NO2S/c1-11(12(14)15-2)10-16-9-8-13-6-4-3-5-7-13/h11H,3-10H2,1-2H3. The van der Waals surface area contributed by atoms with Gasteiger partial charge in [-0.2, -0.15) is 11.8 Å². The van der Waals surface area contributed by atoms with Crippen molar-refractivity contribution in [2.45, 2.75) is 26.2 Å². The number of rotatable bonds is 6. The molecule has 1 fully saturated rings. The van der Waals surface area contributed by atoms with E-state index in [1.54, 1.807) is 0 Å². The van der Waals surface area contributed by atoms with Crippen LogP contribution < -0.4 is 0 Å². The van der Waals surface area contributed by atoms with Crippen molar-refractivity contribution in [1.29, 1.82) is 0 Å². The minimum Gasteiger partial charge on any atom is -0.469 e. The number of likely N-dealkylation sites (tertiary alicyclic amines) is 1. The van der Waals surface area contributed by atoms with E-state index in [-0.39, 0.29) is 11.9 Å². The maximum Gasteiger partial charge on any atom is 0.309 e. The van der Waals surface area contributed by atoms with Crippen molar-refractivity contribution in [2.75, 3.05) is 38.2 Å². The molecule has 0 N–H and O–H groups in total. The van der Waals surface area contributed by atoms with Crippen molar-refractivity contribution >= 4 is 17.7 Å². The van der Waals surface area contributed by atoms with Crippen LogP contribution in [0.2, 0.25) is 0 Å². The van der Waals surface area contributed by atoms with Crippen molar-refractivity contribution in [1.82, 2.24) is 4.90 Å². The van der Waals surface area contributed by atoms with Gasteiger partial charge in [0, 0.05) is 18.1 Å². The maximum absolute atomic E-state index is 11.2. The molecule has 1 atom stereocenters.